The highest BCUT2D eigenvalue weighted by molar-refractivity contribution is 6.02. The first kappa shape index (κ1) is 16.8. The molecule has 0 aliphatic carbocycles. The summed E-state index contributed by atoms with van der Waals surface area (Å²) >= 11 is 0. The third-order valence-corrected chi connectivity index (χ3v) is 3.95. The molecule has 128 valence electrons. The van der Waals surface area contributed by atoms with Crippen LogP contribution in [0.4, 0.5) is 5.69 Å². The molecular formula is C20H20N2O3. The summed E-state index contributed by atoms with van der Waals surface area (Å²) < 4.78 is 7.09. The smallest absolute Gasteiger partial charge is 0.291 e. The van der Waals surface area contributed by atoms with Gasteiger partial charge in [-0.3, -0.25) is 9.59 Å². The molecule has 1 aromatic carbocycles. The van der Waals surface area contributed by atoms with Crippen LogP contribution in [0.25, 0.3) is 0 Å². The predicted octanol–water partition coefficient (Wildman–Crippen LogP) is 3.87. The van der Waals surface area contributed by atoms with Crippen LogP contribution in [0.5, 0.6) is 0 Å². The number of carbonyl (C=O) groups excluding carboxylic acids is 1. The van der Waals surface area contributed by atoms with Gasteiger partial charge in [0.25, 0.3) is 11.5 Å². The summed E-state index contributed by atoms with van der Waals surface area (Å²) in [5, 5.41) is 2.81. The van der Waals surface area contributed by atoms with Crippen LogP contribution < -0.4 is 10.9 Å². The maximum absolute atomic E-state index is 12.3. The molecule has 3 rings (SSSR count). The second kappa shape index (κ2) is 7.21. The lowest BCUT2D eigenvalue weighted by molar-refractivity contribution is 0.0994. The van der Waals surface area contributed by atoms with E-state index in [9.17, 15) is 9.59 Å². The minimum absolute atomic E-state index is 0.116. The van der Waals surface area contributed by atoms with Gasteiger partial charge in [-0.25, -0.2) is 0 Å². The van der Waals surface area contributed by atoms with Gasteiger partial charge in [0.2, 0.25) is 0 Å². The van der Waals surface area contributed by atoms with Gasteiger partial charge in [0.1, 0.15) is 5.76 Å². The Kier molecular flexibility index (Phi) is 4.84. The van der Waals surface area contributed by atoms with Gasteiger partial charge < -0.3 is 14.3 Å². The van der Waals surface area contributed by atoms with Gasteiger partial charge in [0.05, 0.1) is 6.54 Å². The Balaban J connectivity index is 1.68. The largest absolute Gasteiger partial charge is 0.454 e. The van der Waals surface area contributed by atoms with Crippen molar-refractivity contribution in [3.8, 4) is 0 Å². The van der Waals surface area contributed by atoms with Gasteiger partial charge in [-0.1, -0.05) is 32.0 Å². The maximum Gasteiger partial charge on any atom is 0.291 e. The van der Waals surface area contributed by atoms with E-state index in [1.54, 1.807) is 30.5 Å². The summed E-state index contributed by atoms with van der Waals surface area (Å²) in [4.78, 5) is 24.0. The number of aromatic nitrogens is 1. The minimum Gasteiger partial charge on any atom is -0.454 e. The average molecular weight is 336 g/mol. The van der Waals surface area contributed by atoms with Gasteiger partial charge in [-0.05, 0) is 41.8 Å². The summed E-state index contributed by atoms with van der Waals surface area (Å²) in [5.41, 5.74) is 1.81. The van der Waals surface area contributed by atoms with Crippen LogP contribution in [-0.4, -0.2) is 10.5 Å². The van der Waals surface area contributed by atoms with Crippen LogP contribution >= 0.6 is 0 Å². The van der Waals surface area contributed by atoms with Crippen molar-refractivity contribution in [2.24, 2.45) is 0 Å². The Labute approximate surface area is 145 Å². The number of hydrogen-bond acceptors (Lipinski definition) is 3. The molecule has 0 unspecified atom stereocenters. The topological polar surface area (TPSA) is 64.2 Å². The molecule has 0 radical (unpaired) electrons. The summed E-state index contributed by atoms with van der Waals surface area (Å²) in [6, 6.07) is 16.0. The molecule has 5 nitrogen and oxygen atoms in total. The number of furan rings is 1. The lowest BCUT2D eigenvalue weighted by atomic mass is 10.0. The van der Waals surface area contributed by atoms with Crippen molar-refractivity contribution in [3.05, 3.63) is 88.2 Å². The Morgan fingerprint density at radius 2 is 1.84 bits per heavy atom. The van der Waals surface area contributed by atoms with Gasteiger partial charge in [0.15, 0.2) is 5.76 Å². The van der Waals surface area contributed by atoms with Crippen molar-refractivity contribution in [2.75, 3.05) is 5.32 Å². The molecule has 2 heterocycles. The highest BCUT2D eigenvalue weighted by Crippen LogP contribution is 2.18. The van der Waals surface area contributed by atoms with Crippen molar-refractivity contribution in [2.45, 2.75) is 26.3 Å². The molecule has 1 N–H and O–H groups in total. The number of nitrogens with zero attached hydrogens (tertiary/aromatic N) is 1. The Morgan fingerprint density at radius 1 is 1.08 bits per heavy atom. The van der Waals surface area contributed by atoms with Crippen molar-refractivity contribution in [1.29, 1.82) is 0 Å². The molecular weight excluding hydrogens is 316 g/mol. The highest BCUT2D eigenvalue weighted by Gasteiger charge is 2.12. The van der Waals surface area contributed by atoms with Gasteiger partial charge in [0, 0.05) is 18.0 Å². The molecule has 0 fully saturated rings. The fourth-order valence-corrected chi connectivity index (χ4v) is 2.49. The third-order valence-electron chi connectivity index (χ3n) is 3.95. The number of nitrogens with one attached hydrogen (secondary N) is 1. The summed E-state index contributed by atoms with van der Waals surface area (Å²) in [6.45, 7) is 4.53. The first-order valence-electron chi connectivity index (χ1n) is 8.18. The van der Waals surface area contributed by atoms with Crippen LogP contribution in [0.1, 0.15) is 41.6 Å². The van der Waals surface area contributed by atoms with Crippen molar-refractivity contribution in [3.63, 3.8) is 0 Å². The molecule has 0 aliphatic heterocycles. The maximum atomic E-state index is 12.3. The van der Waals surface area contributed by atoms with Gasteiger partial charge >= 0.3 is 0 Å². The zero-order chi connectivity index (χ0) is 17.8. The Morgan fingerprint density at radius 3 is 2.52 bits per heavy atom. The lowest BCUT2D eigenvalue weighted by Gasteiger charge is -2.07. The molecule has 0 bridgehead atoms. The Bertz CT molecular complexity index is 920. The monoisotopic (exact) mass is 336 g/mol. The van der Waals surface area contributed by atoms with E-state index in [4.69, 9.17) is 4.42 Å². The molecule has 0 aliphatic rings. The highest BCUT2D eigenvalue weighted by atomic mass is 16.4. The molecule has 1 amide bonds. The van der Waals surface area contributed by atoms with Crippen LogP contribution in [0.15, 0.2) is 70.0 Å². The molecule has 0 spiro atoms. The van der Waals surface area contributed by atoms with Crippen LogP contribution in [0, 0.1) is 0 Å². The first-order valence-corrected chi connectivity index (χ1v) is 8.18. The minimum atomic E-state index is -0.316. The van der Waals surface area contributed by atoms with Crippen LogP contribution in [0.2, 0.25) is 0 Å². The molecule has 5 heteroatoms. The summed E-state index contributed by atoms with van der Waals surface area (Å²) in [6.07, 6.45) is 1.68. The Hall–Kier alpha value is -3.08. The third kappa shape index (κ3) is 4.07. The van der Waals surface area contributed by atoms with E-state index in [-0.39, 0.29) is 23.8 Å². The summed E-state index contributed by atoms with van der Waals surface area (Å²) in [7, 11) is 0. The number of anilines is 1. The van der Waals surface area contributed by atoms with Crippen LogP contribution in [0.3, 0.4) is 0 Å². The fourth-order valence-electron chi connectivity index (χ4n) is 2.49. The second-order valence-electron chi connectivity index (χ2n) is 6.16. The van der Waals surface area contributed by atoms with E-state index >= 15 is 0 Å². The lowest BCUT2D eigenvalue weighted by Crippen LogP contribution is -2.18. The van der Waals surface area contributed by atoms with E-state index in [2.05, 4.69) is 19.2 Å². The molecule has 2 aromatic heterocycles. The van der Waals surface area contributed by atoms with E-state index in [0.717, 1.165) is 0 Å². The zero-order valence-electron chi connectivity index (χ0n) is 14.2. The molecule has 25 heavy (non-hydrogen) atoms. The van der Waals surface area contributed by atoms with Crippen LogP contribution in [-0.2, 0) is 6.54 Å². The van der Waals surface area contributed by atoms with Crippen molar-refractivity contribution in [1.82, 2.24) is 4.57 Å². The predicted molar refractivity (Wildman–Crippen MR) is 97.0 cm³/mol. The number of pyridine rings is 1. The molecule has 0 atom stereocenters. The fraction of sp³-hybridized carbons (Fsp3) is 0.200. The zero-order valence-corrected chi connectivity index (χ0v) is 14.2. The normalized spacial score (nSPS) is 10.8. The van der Waals surface area contributed by atoms with Crippen molar-refractivity contribution < 1.29 is 9.21 Å². The molecule has 0 saturated carbocycles. The number of rotatable bonds is 5. The van der Waals surface area contributed by atoms with Crippen molar-refractivity contribution >= 4 is 11.6 Å². The SMILES string of the molecule is CC(C)c1ccc(NC(=O)c2ccc(Cn3ccccc3=O)o2)cc1. The molecule has 3 aromatic rings. The van der Waals surface area contributed by atoms with Gasteiger partial charge in [-0.2, -0.15) is 0 Å². The number of carbonyl (C=O) groups is 1. The second-order valence-corrected chi connectivity index (χ2v) is 6.16. The van der Waals surface area contributed by atoms with E-state index in [1.165, 1.54) is 16.2 Å². The number of benzene rings is 1. The van der Waals surface area contributed by atoms with Gasteiger partial charge in [-0.15, -0.1) is 0 Å². The summed E-state index contributed by atoms with van der Waals surface area (Å²) in [5.74, 6) is 0.892. The van der Waals surface area contributed by atoms with E-state index in [0.29, 0.717) is 17.4 Å². The van der Waals surface area contributed by atoms with E-state index in [1.807, 2.05) is 24.3 Å². The standard InChI is InChI=1S/C20H20N2O3/c1-14(2)15-6-8-16(9-7-15)21-20(24)18-11-10-17(25-18)13-22-12-4-3-5-19(22)23/h3-12,14H,13H2,1-2H3,(H,21,24). The number of amides is 1. The average Bonchev–Trinajstić information content (AvgIpc) is 3.06. The van der Waals surface area contributed by atoms with E-state index < -0.39 is 0 Å². The number of hydrogen-bond donors (Lipinski definition) is 1. The molecule has 0 saturated heterocycles. The first-order chi connectivity index (χ1) is 12.0. The quantitative estimate of drug-likeness (QED) is 0.769.